The highest BCUT2D eigenvalue weighted by atomic mass is 35.5. The van der Waals surface area contributed by atoms with E-state index < -0.39 is 0 Å². The van der Waals surface area contributed by atoms with E-state index in [2.05, 4.69) is 5.32 Å². The number of hydrogen-bond donors (Lipinski definition) is 1. The van der Waals surface area contributed by atoms with E-state index >= 15 is 0 Å². The van der Waals surface area contributed by atoms with E-state index in [1.807, 2.05) is 18.2 Å². The van der Waals surface area contributed by atoms with Crippen LogP contribution in [0.2, 0.25) is 10.0 Å². The molecule has 1 aliphatic rings. The average molecular weight is 346 g/mol. The summed E-state index contributed by atoms with van der Waals surface area (Å²) < 4.78 is 0. The van der Waals surface area contributed by atoms with Gasteiger partial charge in [-0.3, -0.25) is 4.79 Å². The molecule has 1 aromatic carbocycles. The summed E-state index contributed by atoms with van der Waals surface area (Å²) in [6.45, 7) is 0.826. The molecule has 0 bridgehead atoms. The van der Waals surface area contributed by atoms with Crippen LogP contribution in [0, 0.1) is 5.92 Å². The summed E-state index contributed by atoms with van der Waals surface area (Å²) in [5, 5.41) is 4.37. The first-order valence-electron chi connectivity index (χ1n) is 7.44. The van der Waals surface area contributed by atoms with Crippen molar-refractivity contribution >= 4 is 40.9 Å². The van der Waals surface area contributed by atoms with Crippen LogP contribution in [0.4, 0.5) is 0 Å². The number of rotatable bonds is 6. The molecule has 5 heteroatoms. The van der Waals surface area contributed by atoms with Gasteiger partial charge in [0, 0.05) is 22.3 Å². The van der Waals surface area contributed by atoms with Crippen LogP contribution in [-0.4, -0.2) is 18.2 Å². The third-order valence-electron chi connectivity index (χ3n) is 3.85. The fraction of sp³-hybridized carbons (Fsp3) is 0.562. The molecule has 1 aliphatic carbocycles. The van der Waals surface area contributed by atoms with Gasteiger partial charge in [-0.15, -0.1) is 11.8 Å². The summed E-state index contributed by atoms with van der Waals surface area (Å²) in [6.07, 6.45) is 6.46. The molecule has 0 aromatic heterocycles. The van der Waals surface area contributed by atoms with Gasteiger partial charge in [0.2, 0.25) is 5.91 Å². The number of carbonyl (C=O) groups excluding carboxylic acids is 1. The Labute approximate surface area is 141 Å². The number of halogens is 2. The zero-order valence-electron chi connectivity index (χ0n) is 12.0. The molecule has 21 heavy (non-hydrogen) atoms. The predicted octanol–water partition coefficient (Wildman–Crippen LogP) is 4.92. The van der Waals surface area contributed by atoms with Crippen LogP contribution in [0.5, 0.6) is 0 Å². The number of carbonyl (C=O) groups is 1. The molecule has 1 amide bonds. The van der Waals surface area contributed by atoms with Crippen molar-refractivity contribution in [3.63, 3.8) is 0 Å². The van der Waals surface area contributed by atoms with Gasteiger partial charge in [-0.05, 0) is 36.5 Å². The van der Waals surface area contributed by atoms with Crippen molar-refractivity contribution in [2.24, 2.45) is 5.92 Å². The summed E-state index contributed by atoms with van der Waals surface area (Å²) in [5.41, 5.74) is 0.908. The molecular formula is C16H21Cl2NOS. The van der Waals surface area contributed by atoms with Crippen molar-refractivity contribution < 1.29 is 4.79 Å². The Kier molecular flexibility index (Phi) is 7.21. The maximum atomic E-state index is 11.8. The number of nitrogens with one attached hydrogen (secondary N) is 1. The number of hydrogen-bond acceptors (Lipinski definition) is 2. The fourth-order valence-electron chi connectivity index (χ4n) is 2.62. The van der Waals surface area contributed by atoms with Crippen molar-refractivity contribution in [1.29, 1.82) is 0 Å². The lowest BCUT2D eigenvalue weighted by Crippen LogP contribution is -2.31. The zero-order valence-corrected chi connectivity index (χ0v) is 14.4. The smallest absolute Gasteiger partial charge is 0.230 e. The van der Waals surface area contributed by atoms with Crippen LogP contribution in [0.1, 0.15) is 37.7 Å². The first kappa shape index (κ1) is 17.0. The molecule has 0 unspecified atom stereocenters. The summed E-state index contributed by atoms with van der Waals surface area (Å²) in [7, 11) is 0. The molecule has 1 N–H and O–H groups in total. The summed E-state index contributed by atoms with van der Waals surface area (Å²) in [4.78, 5) is 11.8. The third kappa shape index (κ3) is 5.72. The van der Waals surface area contributed by atoms with Crippen molar-refractivity contribution in [2.45, 2.75) is 37.9 Å². The second-order valence-electron chi connectivity index (χ2n) is 5.50. The van der Waals surface area contributed by atoms with Gasteiger partial charge >= 0.3 is 0 Å². The molecular weight excluding hydrogens is 325 g/mol. The number of thioether (sulfide) groups is 1. The number of benzene rings is 1. The van der Waals surface area contributed by atoms with E-state index in [4.69, 9.17) is 23.2 Å². The topological polar surface area (TPSA) is 29.1 Å². The molecule has 0 saturated heterocycles. The average Bonchev–Trinajstić information content (AvgIpc) is 2.49. The summed E-state index contributed by atoms with van der Waals surface area (Å²) in [5.74, 6) is 1.89. The van der Waals surface area contributed by atoms with Crippen LogP contribution >= 0.6 is 35.0 Å². The predicted molar refractivity (Wildman–Crippen MR) is 92.2 cm³/mol. The van der Waals surface area contributed by atoms with Gasteiger partial charge in [-0.25, -0.2) is 0 Å². The van der Waals surface area contributed by atoms with Gasteiger partial charge in [0.05, 0.1) is 5.75 Å². The molecule has 0 aliphatic heterocycles. The maximum Gasteiger partial charge on any atom is 0.230 e. The van der Waals surface area contributed by atoms with Crippen LogP contribution in [0.15, 0.2) is 18.2 Å². The Morgan fingerprint density at radius 2 is 1.86 bits per heavy atom. The second kappa shape index (κ2) is 8.92. The molecule has 0 atom stereocenters. The van der Waals surface area contributed by atoms with Gasteiger partial charge in [0.25, 0.3) is 0 Å². The lowest BCUT2D eigenvalue weighted by molar-refractivity contribution is -0.118. The van der Waals surface area contributed by atoms with E-state index in [0.717, 1.165) is 12.1 Å². The van der Waals surface area contributed by atoms with Crippen LogP contribution in [-0.2, 0) is 10.5 Å². The van der Waals surface area contributed by atoms with Crippen LogP contribution in [0.25, 0.3) is 0 Å². The minimum Gasteiger partial charge on any atom is -0.355 e. The van der Waals surface area contributed by atoms with E-state index in [9.17, 15) is 4.79 Å². The zero-order chi connectivity index (χ0) is 15.1. The van der Waals surface area contributed by atoms with Crippen molar-refractivity contribution in [3.05, 3.63) is 33.8 Å². The molecule has 0 spiro atoms. The second-order valence-corrected chi connectivity index (χ2v) is 7.30. The highest BCUT2D eigenvalue weighted by Gasteiger charge is 2.14. The molecule has 1 saturated carbocycles. The minimum atomic E-state index is 0.105. The van der Waals surface area contributed by atoms with E-state index in [1.54, 1.807) is 11.8 Å². The van der Waals surface area contributed by atoms with Gasteiger partial charge in [-0.2, -0.15) is 0 Å². The standard InChI is InChI=1S/C16H21Cl2NOS/c17-14-7-4-8-15(18)13(14)10-21-11-16(20)19-9-12-5-2-1-3-6-12/h4,7-8,12H,1-3,5-6,9-11H2,(H,19,20). The van der Waals surface area contributed by atoms with Gasteiger partial charge in [0.15, 0.2) is 0 Å². The van der Waals surface area contributed by atoms with Gasteiger partial charge in [0.1, 0.15) is 0 Å². The largest absolute Gasteiger partial charge is 0.355 e. The quantitative estimate of drug-likeness (QED) is 0.792. The normalized spacial score (nSPS) is 15.9. The Morgan fingerprint density at radius 3 is 2.52 bits per heavy atom. The molecule has 2 rings (SSSR count). The summed E-state index contributed by atoms with van der Waals surface area (Å²) >= 11 is 13.8. The minimum absolute atomic E-state index is 0.105. The molecule has 1 aromatic rings. The fourth-order valence-corrected chi connectivity index (χ4v) is 4.21. The van der Waals surface area contributed by atoms with E-state index in [-0.39, 0.29) is 5.91 Å². The highest BCUT2D eigenvalue weighted by molar-refractivity contribution is 7.99. The lowest BCUT2D eigenvalue weighted by atomic mass is 9.89. The van der Waals surface area contributed by atoms with Gasteiger partial charge in [-0.1, -0.05) is 48.5 Å². The Balaban J connectivity index is 1.67. The highest BCUT2D eigenvalue weighted by Crippen LogP contribution is 2.28. The SMILES string of the molecule is O=C(CSCc1c(Cl)cccc1Cl)NCC1CCCCC1. The van der Waals surface area contributed by atoms with Crippen LogP contribution in [0.3, 0.4) is 0 Å². The first-order valence-corrected chi connectivity index (χ1v) is 9.35. The number of amides is 1. The van der Waals surface area contributed by atoms with E-state index in [1.165, 1.54) is 32.1 Å². The van der Waals surface area contributed by atoms with Crippen molar-refractivity contribution in [2.75, 3.05) is 12.3 Å². The molecule has 0 heterocycles. The Bertz CT molecular complexity index is 455. The van der Waals surface area contributed by atoms with E-state index in [0.29, 0.717) is 27.5 Å². The molecule has 2 nitrogen and oxygen atoms in total. The maximum absolute atomic E-state index is 11.8. The Morgan fingerprint density at radius 1 is 1.19 bits per heavy atom. The van der Waals surface area contributed by atoms with Crippen molar-refractivity contribution in [1.82, 2.24) is 5.32 Å². The molecule has 0 radical (unpaired) electrons. The van der Waals surface area contributed by atoms with Gasteiger partial charge < -0.3 is 5.32 Å². The monoisotopic (exact) mass is 345 g/mol. The summed E-state index contributed by atoms with van der Waals surface area (Å²) in [6, 6.07) is 5.48. The van der Waals surface area contributed by atoms with Crippen LogP contribution < -0.4 is 5.32 Å². The first-order chi connectivity index (χ1) is 10.2. The van der Waals surface area contributed by atoms with Crippen molar-refractivity contribution in [3.8, 4) is 0 Å². The third-order valence-corrected chi connectivity index (χ3v) is 5.52. The molecule has 116 valence electrons. The lowest BCUT2D eigenvalue weighted by Gasteiger charge is -2.21. The Hall–Kier alpha value is -0.380. The molecule has 1 fully saturated rings.